The minimum Gasteiger partial charge on any atom is -0.481 e. The topological polar surface area (TPSA) is 128 Å². The van der Waals surface area contributed by atoms with E-state index >= 15 is 0 Å². The lowest BCUT2D eigenvalue weighted by Gasteiger charge is -2.23. The van der Waals surface area contributed by atoms with Gasteiger partial charge in [-0.3, -0.25) is 4.79 Å². The first kappa shape index (κ1) is 25.2. The molecule has 2 N–H and O–H groups in total. The second-order valence-electron chi connectivity index (χ2n) is 6.96. The Morgan fingerprint density at radius 1 is 1.15 bits per heavy atom. The number of methoxy groups -OCH3 is 1. The predicted octanol–water partition coefficient (Wildman–Crippen LogP) is 3.61. The Morgan fingerprint density at radius 2 is 1.79 bits per heavy atom. The molecule has 0 radical (unpaired) electrons. The lowest BCUT2D eigenvalue weighted by molar-refractivity contribution is -0.274. The third-order valence-electron chi connectivity index (χ3n) is 4.42. The number of allylic oxidation sites excluding steroid dienone is 2. The molecule has 2 aromatic rings. The molecule has 1 unspecified atom stereocenters. The van der Waals surface area contributed by atoms with Crippen molar-refractivity contribution in [3.63, 3.8) is 0 Å². The largest absolute Gasteiger partial charge is 0.573 e. The number of carbonyl (C=O) groups is 3. The average molecular weight is 468 g/mol. The summed E-state index contributed by atoms with van der Waals surface area (Å²) in [5.74, 6) is -2.94. The Balaban J connectivity index is 0.000000257. The maximum Gasteiger partial charge on any atom is 0.573 e. The number of hydrogen-bond donors (Lipinski definition) is 2. The van der Waals surface area contributed by atoms with Gasteiger partial charge in [-0.2, -0.15) is 5.10 Å². The maximum absolute atomic E-state index is 12.0. The van der Waals surface area contributed by atoms with Crippen LogP contribution in [0, 0.1) is 5.41 Å². The normalized spacial score (nSPS) is 17.3. The number of rotatable bonds is 5. The number of alkyl halides is 3. The van der Waals surface area contributed by atoms with Crippen LogP contribution in [0.3, 0.4) is 0 Å². The summed E-state index contributed by atoms with van der Waals surface area (Å²) in [5, 5.41) is 21.4. The van der Waals surface area contributed by atoms with Crippen molar-refractivity contribution in [3.05, 3.63) is 66.0 Å². The van der Waals surface area contributed by atoms with Gasteiger partial charge in [0.2, 0.25) is 0 Å². The zero-order chi connectivity index (χ0) is 24.8. The van der Waals surface area contributed by atoms with Gasteiger partial charge in [-0.25, -0.2) is 14.3 Å². The van der Waals surface area contributed by atoms with Gasteiger partial charge in [0.15, 0.2) is 0 Å². The summed E-state index contributed by atoms with van der Waals surface area (Å²) >= 11 is 0. The second kappa shape index (κ2) is 10.0. The van der Waals surface area contributed by atoms with Crippen LogP contribution in [0.2, 0.25) is 0 Å². The smallest absolute Gasteiger partial charge is 0.481 e. The first-order valence-corrected chi connectivity index (χ1v) is 9.19. The average Bonchev–Trinajstić information content (AvgIpc) is 3.23. The summed E-state index contributed by atoms with van der Waals surface area (Å²) < 4.78 is 45.6. The van der Waals surface area contributed by atoms with Gasteiger partial charge in [0.1, 0.15) is 5.75 Å². The molecule has 0 aliphatic heterocycles. The number of carboxylic acid groups (broad SMARTS) is 2. The van der Waals surface area contributed by atoms with E-state index in [0.717, 1.165) is 12.1 Å². The van der Waals surface area contributed by atoms with Crippen molar-refractivity contribution in [2.75, 3.05) is 7.11 Å². The number of benzene rings is 1. The van der Waals surface area contributed by atoms with Crippen LogP contribution in [-0.2, 0) is 14.3 Å². The minimum absolute atomic E-state index is 0.0359. The molecular formula is C21H19F3N2O7. The number of nitrogens with zero attached hydrogens (tertiary/aromatic N) is 2. The van der Waals surface area contributed by atoms with Crippen molar-refractivity contribution in [3.8, 4) is 11.4 Å². The maximum atomic E-state index is 12.0. The number of halogens is 3. The molecule has 0 fully saturated rings. The molecule has 1 aromatic carbocycles. The van der Waals surface area contributed by atoms with Crippen LogP contribution < -0.4 is 4.74 Å². The van der Waals surface area contributed by atoms with Gasteiger partial charge >= 0.3 is 24.3 Å². The third kappa shape index (κ3) is 6.95. The van der Waals surface area contributed by atoms with E-state index in [9.17, 15) is 27.6 Å². The van der Waals surface area contributed by atoms with E-state index in [1.54, 1.807) is 0 Å². The fourth-order valence-electron chi connectivity index (χ4n) is 2.67. The van der Waals surface area contributed by atoms with Crippen LogP contribution in [0.1, 0.15) is 23.7 Å². The molecule has 1 atom stereocenters. The van der Waals surface area contributed by atoms with Crippen molar-refractivity contribution in [2.24, 2.45) is 5.41 Å². The number of esters is 1. The molecule has 12 heteroatoms. The summed E-state index contributed by atoms with van der Waals surface area (Å²) in [4.78, 5) is 32.6. The van der Waals surface area contributed by atoms with Crippen LogP contribution in [0.25, 0.3) is 5.69 Å². The van der Waals surface area contributed by atoms with Crippen LogP contribution in [-0.4, -0.2) is 51.4 Å². The van der Waals surface area contributed by atoms with Gasteiger partial charge < -0.3 is 19.7 Å². The standard InChI is InChI=1S/C12H9F3N2O3.C9H10O4/c1-19-11(18)8-6-16-17(7-8)9-2-4-10(5-3-9)20-12(13,14)15;1-9(8(12)13)4-2-3-6(5-9)7(10)11/h2-7H,1H3;2-4H,5H2,1H3,(H,10,11)(H,12,13). The number of aromatic nitrogens is 2. The molecule has 1 aliphatic carbocycles. The predicted molar refractivity (Wildman–Crippen MR) is 107 cm³/mol. The Labute approximate surface area is 185 Å². The number of hydrogen-bond acceptors (Lipinski definition) is 6. The summed E-state index contributed by atoms with van der Waals surface area (Å²) in [6.07, 6.45) is 2.41. The van der Waals surface area contributed by atoms with Crippen LogP contribution in [0.4, 0.5) is 13.2 Å². The highest BCUT2D eigenvalue weighted by molar-refractivity contribution is 5.90. The Morgan fingerprint density at radius 3 is 2.30 bits per heavy atom. The van der Waals surface area contributed by atoms with Crippen LogP contribution >= 0.6 is 0 Å². The van der Waals surface area contributed by atoms with Crippen LogP contribution in [0.5, 0.6) is 5.75 Å². The summed E-state index contributed by atoms with van der Waals surface area (Å²) in [5.41, 5.74) is -0.229. The van der Waals surface area contributed by atoms with E-state index in [1.165, 1.54) is 61.5 Å². The molecule has 1 aromatic heterocycles. The molecule has 1 aliphatic rings. The second-order valence-corrected chi connectivity index (χ2v) is 6.96. The third-order valence-corrected chi connectivity index (χ3v) is 4.42. The Hall–Kier alpha value is -4.09. The minimum atomic E-state index is -4.73. The molecule has 0 saturated heterocycles. The summed E-state index contributed by atoms with van der Waals surface area (Å²) in [6.45, 7) is 1.50. The number of carbonyl (C=O) groups excluding carboxylic acids is 1. The van der Waals surface area contributed by atoms with E-state index in [2.05, 4.69) is 14.6 Å². The highest BCUT2D eigenvalue weighted by Gasteiger charge is 2.34. The van der Waals surface area contributed by atoms with E-state index in [4.69, 9.17) is 10.2 Å². The van der Waals surface area contributed by atoms with Gasteiger partial charge in [0.05, 0.1) is 30.0 Å². The molecule has 33 heavy (non-hydrogen) atoms. The molecular weight excluding hydrogens is 449 g/mol. The quantitative estimate of drug-likeness (QED) is 0.637. The van der Waals surface area contributed by atoms with Crippen molar-refractivity contribution in [1.82, 2.24) is 9.78 Å². The first-order valence-electron chi connectivity index (χ1n) is 9.19. The highest BCUT2D eigenvalue weighted by Crippen LogP contribution is 2.31. The van der Waals surface area contributed by atoms with Gasteiger partial charge in [0, 0.05) is 11.8 Å². The molecule has 9 nitrogen and oxygen atoms in total. The number of ether oxygens (including phenoxy) is 2. The Bertz CT molecular complexity index is 1090. The Kier molecular flexibility index (Phi) is 7.64. The summed E-state index contributed by atoms with van der Waals surface area (Å²) in [6, 6.07) is 5.08. The number of carboxylic acids is 2. The molecule has 0 saturated carbocycles. The monoisotopic (exact) mass is 468 g/mol. The summed E-state index contributed by atoms with van der Waals surface area (Å²) in [7, 11) is 1.24. The van der Waals surface area contributed by atoms with Crippen LogP contribution in [0.15, 0.2) is 60.5 Å². The van der Waals surface area contributed by atoms with Gasteiger partial charge in [-0.15, -0.1) is 13.2 Å². The zero-order valence-electron chi connectivity index (χ0n) is 17.4. The van der Waals surface area contributed by atoms with Gasteiger partial charge in [-0.1, -0.05) is 18.2 Å². The molecule has 3 rings (SSSR count). The van der Waals surface area contributed by atoms with Crippen molar-refractivity contribution >= 4 is 17.9 Å². The highest BCUT2D eigenvalue weighted by atomic mass is 19.4. The van der Waals surface area contributed by atoms with Gasteiger partial charge in [-0.05, 0) is 37.6 Å². The first-order chi connectivity index (χ1) is 15.3. The van der Waals surface area contributed by atoms with Gasteiger partial charge in [0.25, 0.3) is 0 Å². The fraction of sp³-hybridized carbons (Fsp3) is 0.238. The fourth-order valence-corrected chi connectivity index (χ4v) is 2.67. The molecule has 1 heterocycles. The molecule has 0 bridgehead atoms. The lowest BCUT2D eigenvalue weighted by atomic mass is 9.80. The molecule has 176 valence electrons. The van der Waals surface area contributed by atoms with E-state index in [-0.39, 0.29) is 23.3 Å². The lowest BCUT2D eigenvalue weighted by Crippen LogP contribution is -2.28. The SMILES string of the molecule is CC1(C(=O)O)C=CC=C(C(=O)O)C1.COC(=O)c1cnn(-c2ccc(OC(F)(F)F)cc2)c1. The van der Waals surface area contributed by atoms with E-state index in [1.807, 2.05) is 0 Å². The molecule has 0 spiro atoms. The van der Waals surface area contributed by atoms with E-state index in [0.29, 0.717) is 5.69 Å². The van der Waals surface area contributed by atoms with E-state index < -0.39 is 29.7 Å². The molecule has 0 amide bonds. The van der Waals surface area contributed by atoms with Crippen molar-refractivity contribution in [1.29, 1.82) is 0 Å². The number of aliphatic carboxylic acids is 2. The zero-order valence-corrected chi connectivity index (χ0v) is 17.4. The van der Waals surface area contributed by atoms with Crippen molar-refractivity contribution < 1.29 is 47.2 Å². The van der Waals surface area contributed by atoms with Crippen molar-refractivity contribution in [2.45, 2.75) is 19.7 Å².